The van der Waals surface area contributed by atoms with Gasteiger partial charge in [-0.25, -0.2) is 9.97 Å². The third kappa shape index (κ3) is 2.86. The summed E-state index contributed by atoms with van der Waals surface area (Å²) in [7, 11) is 0. The Balaban J connectivity index is 1.37. The molecule has 2 aliphatic heterocycles. The smallest absolute Gasteiger partial charge is 0.251 e. The van der Waals surface area contributed by atoms with Gasteiger partial charge in [-0.2, -0.15) is 0 Å². The largest absolute Gasteiger partial charge is 0.384 e. The minimum absolute atomic E-state index is 0.140. The predicted octanol–water partition coefficient (Wildman–Crippen LogP) is 4.39. The number of rotatable bonds is 4. The third-order valence-electron chi connectivity index (χ3n) is 6.63. The van der Waals surface area contributed by atoms with Gasteiger partial charge in [0.05, 0.1) is 0 Å². The molecule has 2 aliphatic rings. The van der Waals surface area contributed by atoms with Crippen molar-refractivity contribution in [3.05, 3.63) is 110 Å². The van der Waals surface area contributed by atoms with Gasteiger partial charge >= 0.3 is 0 Å². The molecule has 33 heavy (non-hydrogen) atoms. The third-order valence-corrected chi connectivity index (χ3v) is 7.50. The number of carbonyl (C=O) groups excluding carboxylic acids is 1. The quantitative estimate of drug-likeness (QED) is 0.477. The lowest BCUT2D eigenvalue weighted by Gasteiger charge is -2.27. The highest BCUT2D eigenvalue weighted by Gasteiger charge is 2.57. The monoisotopic (exact) mass is 454 g/mol. The van der Waals surface area contributed by atoms with E-state index < -0.39 is 5.60 Å². The second kappa shape index (κ2) is 7.23. The Morgan fingerprint density at radius 1 is 1.15 bits per heavy atom. The van der Waals surface area contributed by atoms with Crippen LogP contribution in [0.15, 0.2) is 60.1 Å². The number of aryl methyl sites for hydroxylation is 2. The number of nitrogen functional groups attached to an aromatic ring is 1. The van der Waals surface area contributed by atoms with E-state index in [1.54, 1.807) is 17.5 Å². The number of nitrogens with one attached hydrogen (secondary N) is 1. The Bertz CT molecular complexity index is 1390. The second-order valence-corrected chi connectivity index (χ2v) is 9.41. The number of ether oxygens (including phenoxy) is 1. The van der Waals surface area contributed by atoms with Crippen LogP contribution in [-0.4, -0.2) is 15.9 Å². The van der Waals surface area contributed by atoms with Crippen molar-refractivity contribution in [3.8, 4) is 0 Å². The molecule has 4 heterocycles. The van der Waals surface area contributed by atoms with Crippen molar-refractivity contribution >= 4 is 23.1 Å². The molecule has 0 radical (unpaired) electrons. The minimum atomic E-state index is -0.769. The summed E-state index contributed by atoms with van der Waals surface area (Å²) >= 11 is 1.57. The summed E-state index contributed by atoms with van der Waals surface area (Å²) in [5.41, 5.74) is 12.8. The van der Waals surface area contributed by atoms with Crippen molar-refractivity contribution in [3.63, 3.8) is 0 Å². The highest BCUT2D eigenvalue weighted by Crippen LogP contribution is 2.61. The summed E-state index contributed by atoms with van der Waals surface area (Å²) in [6.07, 6.45) is 1.65. The molecule has 6 nitrogen and oxygen atoms in total. The van der Waals surface area contributed by atoms with Gasteiger partial charge in [-0.1, -0.05) is 30.3 Å². The van der Waals surface area contributed by atoms with Crippen molar-refractivity contribution in [2.75, 3.05) is 5.73 Å². The number of fused-ring (bicyclic) bond motifs is 8. The molecule has 2 bridgehead atoms. The van der Waals surface area contributed by atoms with E-state index >= 15 is 0 Å². The van der Waals surface area contributed by atoms with Crippen LogP contribution in [-0.2, 0) is 16.9 Å². The SMILES string of the molecule is Cc1cc(N)nc(C)c1CNC(=O)c1ccc2c(c1)C1(c3nccs3)OC2c2ccccc21. The number of benzene rings is 2. The van der Waals surface area contributed by atoms with Gasteiger partial charge < -0.3 is 15.8 Å². The van der Waals surface area contributed by atoms with Crippen molar-refractivity contribution in [1.29, 1.82) is 0 Å². The minimum Gasteiger partial charge on any atom is -0.384 e. The van der Waals surface area contributed by atoms with Gasteiger partial charge in [0.1, 0.15) is 16.9 Å². The molecular weight excluding hydrogens is 432 g/mol. The average molecular weight is 455 g/mol. The fourth-order valence-corrected chi connectivity index (χ4v) is 5.93. The molecule has 0 fully saturated rings. The first kappa shape index (κ1) is 20.1. The van der Waals surface area contributed by atoms with Gasteiger partial charge in [0.15, 0.2) is 5.60 Å². The summed E-state index contributed by atoms with van der Waals surface area (Å²) in [5.74, 6) is 0.347. The maximum atomic E-state index is 13.1. The molecule has 164 valence electrons. The number of nitrogens with two attached hydrogens (primary N) is 1. The Labute approximate surface area is 195 Å². The lowest BCUT2D eigenvalue weighted by atomic mass is 9.77. The predicted molar refractivity (Wildman–Crippen MR) is 127 cm³/mol. The van der Waals surface area contributed by atoms with E-state index in [0.29, 0.717) is 17.9 Å². The Hall–Kier alpha value is -3.55. The van der Waals surface area contributed by atoms with Gasteiger partial charge in [-0.15, -0.1) is 11.3 Å². The number of nitrogens with zero attached hydrogens (tertiary/aromatic N) is 2. The van der Waals surface area contributed by atoms with Crippen molar-refractivity contribution < 1.29 is 9.53 Å². The van der Waals surface area contributed by atoms with Gasteiger partial charge in [0.2, 0.25) is 0 Å². The molecular formula is C26H22N4O2S. The van der Waals surface area contributed by atoms with Crippen LogP contribution < -0.4 is 11.1 Å². The summed E-state index contributed by atoms with van der Waals surface area (Å²) in [6, 6.07) is 16.0. The molecule has 0 aliphatic carbocycles. The molecule has 2 unspecified atom stereocenters. The lowest BCUT2D eigenvalue weighted by Crippen LogP contribution is -2.28. The molecule has 2 atom stereocenters. The van der Waals surface area contributed by atoms with E-state index in [9.17, 15) is 4.79 Å². The van der Waals surface area contributed by atoms with E-state index in [1.165, 1.54) is 5.56 Å². The Kier molecular flexibility index (Phi) is 4.40. The van der Waals surface area contributed by atoms with E-state index in [-0.39, 0.29) is 12.0 Å². The van der Waals surface area contributed by atoms with E-state index in [4.69, 9.17) is 10.5 Å². The maximum absolute atomic E-state index is 13.1. The molecule has 2 aromatic heterocycles. The average Bonchev–Trinajstić information content (AvgIpc) is 3.52. The fraction of sp³-hybridized carbons (Fsp3) is 0.192. The number of carbonyl (C=O) groups is 1. The van der Waals surface area contributed by atoms with E-state index in [0.717, 1.165) is 38.5 Å². The first-order chi connectivity index (χ1) is 16.0. The highest BCUT2D eigenvalue weighted by atomic mass is 32.1. The molecule has 3 N–H and O–H groups in total. The molecule has 1 amide bonds. The number of thiazole rings is 1. The molecule has 7 heteroatoms. The zero-order valence-corrected chi connectivity index (χ0v) is 19.1. The van der Waals surface area contributed by atoms with Gasteiger partial charge in [-0.05, 0) is 54.3 Å². The zero-order chi connectivity index (χ0) is 22.7. The molecule has 0 spiro atoms. The van der Waals surface area contributed by atoms with Gasteiger partial charge in [0, 0.05) is 40.5 Å². The van der Waals surface area contributed by atoms with E-state index in [2.05, 4.69) is 27.4 Å². The molecule has 0 saturated carbocycles. The lowest BCUT2D eigenvalue weighted by molar-refractivity contribution is 0.0246. The highest BCUT2D eigenvalue weighted by molar-refractivity contribution is 7.09. The van der Waals surface area contributed by atoms with Crippen LogP contribution in [0.25, 0.3) is 0 Å². The van der Waals surface area contributed by atoms with Crippen LogP contribution in [0.2, 0.25) is 0 Å². The molecule has 6 rings (SSSR count). The first-order valence-electron chi connectivity index (χ1n) is 10.8. The number of hydrogen-bond donors (Lipinski definition) is 2. The number of hydrogen-bond acceptors (Lipinski definition) is 6. The molecule has 4 aromatic rings. The fourth-order valence-electron chi connectivity index (χ4n) is 5.12. The van der Waals surface area contributed by atoms with E-state index in [1.807, 2.05) is 55.6 Å². The zero-order valence-electron chi connectivity index (χ0n) is 18.3. The van der Waals surface area contributed by atoms with Crippen LogP contribution >= 0.6 is 11.3 Å². The topological polar surface area (TPSA) is 90.1 Å². The van der Waals surface area contributed by atoms with Crippen molar-refractivity contribution in [2.45, 2.75) is 32.1 Å². The van der Waals surface area contributed by atoms with Crippen molar-refractivity contribution in [1.82, 2.24) is 15.3 Å². The summed E-state index contributed by atoms with van der Waals surface area (Å²) < 4.78 is 6.65. The summed E-state index contributed by atoms with van der Waals surface area (Å²) in [4.78, 5) is 22.1. The summed E-state index contributed by atoms with van der Waals surface area (Å²) in [6.45, 7) is 4.27. The van der Waals surface area contributed by atoms with Crippen LogP contribution in [0, 0.1) is 13.8 Å². The van der Waals surface area contributed by atoms with Crippen molar-refractivity contribution in [2.24, 2.45) is 0 Å². The van der Waals surface area contributed by atoms with Crippen LogP contribution in [0.1, 0.15) is 60.5 Å². The van der Waals surface area contributed by atoms with Crippen LogP contribution in [0.3, 0.4) is 0 Å². The summed E-state index contributed by atoms with van der Waals surface area (Å²) in [5, 5.41) is 5.89. The molecule has 0 saturated heterocycles. The Morgan fingerprint density at radius 2 is 1.97 bits per heavy atom. The van der Waals surface area contributed by atoms with Crippen LogP contribution in [0.4, 0.5) is 5.82 Å². The first-order valence-corrected chi connectivity index (χ1v) is 11.7. The number of aromatic nitrogens is 2. The Morgan fingerprint density at radius 3 is 2.76 bits per heavy atom. The van der Waals surface area contributed by atoms with Gasteiger partial charge in [0.25, 0.3) is 5.91 Å². The standard InChI is InChI=1S/C26H22N4O2S/c1-14-11-22(27)30-15(2)19(14)13-29-24(31)16-7-8-18-21(12-16)26(25-28-9-10-33-25)20-6-4-3-5-17(20)23(18)32-26/h3-12,23H,13H2,1-2H3,(H2,27,30)(H,29,31). The molecule has 2 aromatic carbocycles. The normalized spacial score (nSPS) is 19.9. The number of pyridine rings is 1. The second-order valence-electron chi connectivity index (χ2n) is 8.52. The van der Waals surface area contributed by atoms with Crippen LogP contribution in [0.5, 0.6) is 0 Å². The number of amides is 1. The maximum Gasteiger partial charge on any atom is 0.251 e. The number of anilines is 1. The van der Waals surface area contributed by atoms with Gasteiger partial charge in [-0.3, -0.25) is 4.79 Å².